The van der Waals surface area contributed by atoms with Crippen molar-refractivity contribution in [2.75, 3.05) is 44.2 Å². The standard InChI is InChI=1S/C17H28N2O3/c1-17(2,3)22-13-16(21)12-18-7-9-19(10-8-18)14-5-4-6-15(20)11-14/h4-6,11,16,20-21H,7-10,12-13H2,1-3H3. The van der Waals surface area contributed by atoms with Crippen LogP contribution in [0, 0.1) is 0 Å². The Labute approximate surface area is 133 Å². The van der Waals surface area contributed by atoms with E-state index < -0.39 is 6.10 Å². The Bertz CT molecular complexity index is 465. The van der Waals surface area contributed by atoms with E-state index in [1.54, 1.807) is 12.1 Å². The van der Waals surface area contributed by atoms with Gasteiger partial charge in [-0.3, -0.25) is 4.90 Å². The lowest BCUT2D eigenvalue weighted by atomic mass is 10.2. The molecule has 5 heteroatoms. The highest BCUT2D eigenvalue weighted by molar-refractivity contribution is 5.50. The van der Waals surface area contributed by atoms with Gasteiger partial charge in [-0.2, -0.15) is 0 Å². The van der Waals surface area contributed by atoms with Crippen LogP contribution in [0.1, 0.15) is 20.8 Å². The zero-order valence-corrected chi connectivity index (χ0v) is 13.8. The third-order valence-corrected chi connectivity index (χ3v) is 3.74. The second-order valence-electron chi connectivity index (χ2n) is 6.88. The molecule has 0 saturated carbocycles. The number of β-amino-alcohol motifs (C(OH)–C–C–N with tert-alkyl or cyclic N) is 1. The highest BCUT2D eigenvalue weighted by Crippen LogP contribution is 2.21. The Morgan fingerprint density at radius 2 is 1.86 bits per heavy atom. The molecule has 1 fully saturated rings. The van der Waals surface area contributed by atoms with Gasteiger partial charge in [0.2, 0.25) is 0 Å². The summed E-state index contributed by atoms with van der Waals surface area (Å²) in [5, 5.41) is 19.6. The van der Waals surface area contributed by atoms with Crippen molar-refractivity contribution < 1.29 is 14.9 Å². The molecule has 2 N–H and O–H groups in total. The Morgan fingerprint density at radius 1 is 1.18 bits per heavy atom. The van der Waals surface area contributed by atoms with Gasteiger partial charge in [-0.15, -0.1) is 0 Å². The molecule has 1 atom stereocenters. The summed E-state index contributed by atoms with van der Waals surface area (Å²) < 4.78 is 5.62. The van der Waals surface area contributed by atoms with E-state index in [-0.39, 0.29) is 5.60 Å². The number of piperazine rings is 1. The van der Waals surface area contributed by atoms with Crippen LogP contribution in [-0.4, -0.2) is 66.1 Å². The Kier molecular flexibility index (Phi) is 5.67. The fraction of sp³-hybridized carbons (Fsp3) is 0.647. The predicted molar refractivity (Wildman–Crippen MR) is 88.5 cm³/mol. The molecule has 124 valence electrons. The number of hydrogen-bond donors (Lipinski definition) is 2. The third-order valence-electron chi connectivity index (χ3n) is 3.74. The quantitative estimate of drug-likeness (QED) is 0.867. The monoisotopic (exact) mass is 308 g/mol. The normalized spacial score (nSPS) is 18.5. The van der Waals surface area contributed by atoms with Crippen LogP contribution in [0.15, 0.2) is 24.3 Å². The van der Waals surface area contributed by atoms with Crippen molar-refractivity contribution in [3.8, 4) is 5.75 Å². The average Bonchev–Trinajstić information content (AvgIpc) is 2.45. The first-order chi connectivity index (χ1) is 10.3. The number of ether oxygens (including phenoxy) is 1. The lowest BCUT2D eigenvalue weighted by molar-refractivity contribution is -0.0563. The van der Waals surface area contributed by atoms with Gasteiger partial charge in [0.15, 0.2) is 0 Å². The van der Waals surface area contributed by atoms with Crippen molar-refractivity contribution in [3.05, 3.63) is 24.3 Å². The van der Waals surface area contributed by atoms with Gasteiger partial charge < -0.3 is 19.8 Å². The molecule has 22 heavy (non-hydrogen) atoms. The first kappa shape index (κ1) is 17.1. The van der Waals surface area contributed by atoms with E-state index in [4.69, 9.17) is 4.74 Å². The van der Waals surface area contributed by atoms with Crippen molar-refractivity contribution in [2.45, 2.75) is 32.5 Å². The Morgan fingerprint density at radius 3 is 2.45 bits per heavy atom. The third kappa shape index (κ3) is 5.48. The van der Waals surface area contributed by atoms with Crippen LogP contribution >= 0.6 is 0 Å². The van der Waals surface area contributed by atoms with Crippen LogP contribution in [0.3, 0.4) is 0 Å². The lowest BCUT2D eigenvalue weighted by Crippen LogP contribution is -2.49. The molecule has 0 bridgehead atoms. The van der Waals surface area contributed by atoms with Gasteiger partial charge in [0.1, 0.15) is 5.75 Å². The number of aliphatic hydroxyl groups excluding tert-OH is 1. The van der Waals surface area contributed by atoms with Crippen LogP contribution in [-0.2, 0) is 4.74 Å². The highest BCUT2D eigenvalue weighted by atomic mass is 16.5. The number of rotatable bonds is 5. The van der Waals surface area contributed by atoms with E-state index in [9.17, 15) is 10.2 Å². The summed E-state index contributed by atoms with van der Waals surface area (Å²) in [7, 11) is 0. The zero-order valence-electron chi connectivity index (χ0n) is 13.8. The molecule has 1 aliphatic heterocycles. The second kappa shape index (κ2) is 7.31. The molecule has 0 radical (unpaired) electrons. The number of phenols is 1. The van der Waals surface area contributed by atoms with Gasteiger partial charge in [0.25, 0.3) is 0 Å². The Hall–Kier alpha value is -1.30. The summed E-state index contributed by atoms with van der Waals surface area (Å²) in [6.45, 7) is 10.6. The first-order valence-electron chi connectivity index (χ1n) is 7.92. The molecule has 1 aromatic carbocycles. The number of phenolic OH excluding ortho intramolecular Hbond substituents is 1. The Balaban J connectivity index is 1.75. The molecule has 0 amide bonds. The van der Waals surface area contributed by atoms with Crippen LogP contribution in [0.4, 0.5) is 5.69 Å². The van der Waals surface area contributed by atoms with Gasteiger partial charge in [-0.25, -0.2) is 0 Å². The van der Waals surface area contributed by atoms with E-state index in [0.29, 0.717) is 18.9 Å². The van der Waals surface area contributed by atoms with Gasteiger partial charge in [-0.1, -0.05) is 6.07 Å². The summed E-state index contributed by atoms with van der Waals surface area (Å²) >= 11 is 0. The zero-order chi connectivity index (χ0) is 16.2. The minimum absolute atomic E-state index is 0.213. The molecule has 1 saturated heterocycles. The van der Waals surface area contributed by atoms with Crippen LogP contribution in [0.2, 0.25) is 0 Å². The minimum Gasteiger partial charge on any atom is -0.508 e. The fourth-order valence-corrected chi connectivity index (χ4v) is 2.58. The molecule has 1 aliphatic rings. The summed E-state index contributed by atoms with van der Waals surface area (Å²) in [6.07, 6.45) is -0.452. The van der Waals surface area contributed by atoms with Crippen molar-refractivity contribution in [1.29, 1.82) is 0 Å². The molecule has 0 spiro atoms. The molecule has 1 aromatic rings. The summed E-state index contributed by atoms with van der Waals surface area (Å²) in [6, 6.07) is 7.36. The minimum atomic E-state index is -0.452. The maximum atomic E-state index is 10.1. The van der Waals surface area contributed by atoms with E-state index in [0.717, 1.165) is 31.9 Å². The van der Waals surface area contributed by atoms with Crippen LogP contribution in [0.5, 0.6) is 5.75 Å². The van der Waals surface area contributed by atoms with Crippen molar-refractivity contribution in [3.63, 3.8) is 0 Å². The summed E-state index contributed by atoms with van der Waals surface area (Å²) in [5.74, 6) is 0.301. The first-order valence-corrected chi connectivity index (χ1v) is 7.92. The van der Waals surface area contributed by atoms with E-state index in [1.807, 2.05) is 32.9 Å². The van der Waals surface area contributed by atoms with Gasteiger partial charge in [-0.05, 0) is 32.9 Å². The van der Waals surface area contributed by atoms with Crippen molar-refractivity contribution in [2.24, 2.45) is 0 Å². The lowest BCUT2D eigenvalue weighted by Gasteiger charge is -2.37. The number of nitrogens with zero attached hydrogens (tertiary/aromatic N) is 2. The molecule has 5 nitrogen and oxygen atoms in total. The van der Waals surface area contributed by atoms with Crippen LogP contribution in [0.25, 0.3) is 0 Å². The smallest absolute Gasteiger partial charge is 0.117 e. The van der Waals surface area contributed by atoms with Gasteiger partial charge in [0, 0.05) is 44.5 Å². The van der Waals surface area contributed by atoms with E-state index in [1.165, 1.54) is 0 Å². The molecule has 2 rings (SSSR count). The molecule has 1 unspecified atom stereocenters. The number of hydrogen-bond acceptors (Lipinski definition) is 5. The molecular formula is C17H28N2O3. The van der Waals surface area contributed by atoms with Gasteiger partial charge in [0.05, 0.1) is 18.3 Å². The van der Waals surface area contributed by atoms with Crippen LogP contribution < -0.4 is 4.90 Å². The molecule has 0 aromatic heterocycles. The maximum Gasteiger partial charge on any atom is 0.117 e. The maximum absolute atomic E-state index is 10.1. The summed E-state index contributed by atoms with van der Waals surface area (Å²) in [4.78, 5) is 4.52. The highest BCUT2D eigenvalue weighted by Gasteiger charge is 2.21. The predicted octanol–water partition coefficient (Wildman–Crippen LogP) is 1.69. The molecule has 0 aliphatic carbocycles. The van der Waals surface area contributed by atoms with Crippen molar-refractivity contribution in [1.82, 2.24) is 4.90 Å². The molecule has 1 heterocycles. The number of aromatic hydroxyl groups is 1. The largest absolute Gasteiger partial charge is 0.508 e. The van der Waals surface area contributed by atoms with Crippen molar-refractivity contribution >= 4 is 5.69 Å². The second-order valence-corrected chi connectivity index (χ2v) is 6.88. The number of benzene rings is 1. The van der Waals surface area contributed by atoms with E-state index >= 15 is 0 Å². The topological polar surface area (TPSA) is 56.2 Å². The number of aliphatic hydroxyl groups is 1. The average molecular weight is 308 g/mol. The fourth-order valence-electron chi connectivity index (χ4n) is 2.58. The molecular weight excluding hydrogens is 280 g/mol. The van der Waals surface area contributed by atoms with Gasteiger partial charge >= 0.3 is 0 Å². The van der Waals surface area contributed by atoms with E-state index in [2.05, 4.69) is 9.80 Å². The number of anilines is 1. The SMILES string of the molecule is CC(C)(C)OCC(O)CN1CCN(c2cccc(O)c2)CC1. The summed E-state index contributed by atoms with van der Waals surface area (Å²) in [5.41, 5.74) is 0.839.